The molecule has 0 radical (unpaired) electrons. The maximum absolute atomic E-state index is 14.0. The minimum Gasteiger partial charge on any atom is -0.497 e. The van der Waals surface area contributed by atoms with Crippen molar-refractivity contribution >= 4 is 33.5 Å². The van der Waals surface area contributed by atoms with Crippen LogP contribution in [0.15, 0.2) is 70.3 Å². The van der Waals surface area contributed by atoms with Gasteiger partial charge in [0.25, 0.3) is 5.56 Å². The van der Waals surface area contributed by atoms with Crippen LogP contribution in [-0.2, 0) is 13.6 Å². The number of hydrogen-bond acceptors (Lipinski definition) is 3. The fourth-order valence-corrected chi connectivity index (χ4v) is 4.77. The quantitative estimate of drug-likeness (QED) is 0.370. The van der Waals surface area contributed by atoms with E-state index in [0.29, 0.717) is 34.0 Å². The van der Waals surface area contributed by atoms with Crippen molar-refractivity contribution in [3.8, 4) is 11.4 Å². The van der Waals surface area contributed by atoms with Crippen molar-refractivity contribution < 1.29 is 4.74 Å². The number of halogens is 1. The van der Waals surface area contributed by atoms with E-state index in [2.05, 4.69) is 6.07 Å². The molecule has 2 aromatic heterocycles. The third-order valence-electron chi connectivity index (χ3n) is 6.38. The first kappa shape index (κ1) is 22.0. The number of benzene rings is 3. The standard InChI is InChI=1S/C27H24ClN3O3/c1-16-8-9-17(2)18(12-16)15-30-24-22-14-21(34-4)10-11-23(22)29(3)25(24)26(32)31(27(30)33)20-7-5-6-19(28)13-20/h5-14H,15H2,1-4H3. The van der Waals surface area contributed by atoms with Crippen LogP contribution in [0.2, 0.25) is 5.02 Å². The Labute approximate surface area is 201 Å². The SMILES string of the molecule is COc1ccc2c(c1)c1c(c(=O)n(-c3cccc(Cl)c3)c(=O)n1Cc1cc(C)ccc1C)n2C. The van der Waals surface area contributed by atoms with Crippen LogP contribution in [0.5, 0.6) is 5.75 Å². The summed E-state index contributed by atoms with van der Waals surface area (Å²) in [5.74, 6) is 0.657. The zero-order valence-electron chi connectivity index (χ0n) is 19.4. The Morgan fingerprint density at radius 1 is 0.941 bits per heavy atom. The summed E-state index contributed by atoms with van der Waals surface area (Å²) in [6.07, 6.45) is 0. The highest BCUT2D eigenvalue weighted by Crippen LogP contribution is 2.30. The van der Waals surface area contributed by atoms with Gasteiger partial charge in [0.1, 0.15) is 11.3 Å². The molecule has 0 aliphatic heterocycles. The topological polar surface area (TPSA) is 58.2 Å². The van der Waals surface area contributed by atoms with Crippen LogP contribution in [0, 0.1) is 13.8 Å². The van der Waals surface area contributed by atoms with Crippen LogP contribution in [-0.4, -0.2) is 20.8 Å². The highest BCUT2D eigenvalue weighted by molar-refractivity contribution is 6.30. The fraction of sp³-hybridized carbons (Fsp3) is 0.185. The Morgan fingerprint density at radius 3 is 2.47 bits per heavy atom. The van der Waals surface area contributed by atoms with Gasteiger partial charge in [-0.25, -0.2) is 9.36 Å². The third-order valence-corrected chi connectivity index (χ3v) is 6.61. The van der Waals surface area contributed by atoms with Gasteiger partial charge in [0.2, 0.25) is 0 Å². The lowest BCUT2D eigenvalue weighted by atomic mass is 10.1. The lowest BCUT2D eigenvalue weighted by molar-refractivity contribution is 0.415. The maximum Gasteiger partial charge on any atom is 0.336 e. The Balaban J connectivity index is 1.96. The smallest absolute Gasteiger partial charge is 0.336 e. The van der Waals surface area contributed by atoms with Crippen molar-refractivity contribution in [3.05, 3.63) is 103 Å². The molecule has 0 aliphatic carbocycles. The van der Waals surface area contributed by atoms with E-state index in [9.17, 15) is 9.59 Å². The molecule has 5 aromatic rings. The summed E-state index contributed by atoms with van der Waals surface area (Å²) in [5.41, 5.74) is 4.68. The monoisotopic (exact) mass is 473 g/mol. The van der Waals surface area contributed by atoms with E-state index >= 15 is 0 Å². The molecule has 0 aliphatic rings. The molecule has 0 fully saturated rings. The molecule has 0 amide bonds. The van der Waals surface area contributed by atoms with Gasteiger partial charge in [-0.05, 0) is 61.4 Å². The summed E-state index contributed by atoms with van der Waals surface area (Å²) in [6, 6.07) is 18.6. The summed E-state index contributed by atoms with van der Waals surface area (Å²) in [5, 5.41) is 1.24. The molecule has 0 spiro atoms. The Hall–Kier alpha value is -3.77. The van der Waals surface area contributed by atoms with Crippen molar-refractivity contribution in [2.24, 2.45) is 7.05 Å². The molecule has 0 saturated carbocycles. The number of methoxy groups -OCH3 is 1. The minimum atomic E-state index is -0.420. The summed E-state index contributed by atoms with van der Waals surface area (Å²) >= 11 is 6.21. The normalized spacial score (nSPS) is 11.4. The van der Waals surface area contributed by atoms with Gasteiger partial charge in [0.15, 0.2) is 0 Å². The zero-order valence-corrected chi connectivity index (χ0v) is 20.2. The average molecular weight is 474 g/mol. The van der Waals surface area contributed by atoms with E-state index in [0.717, 1.165) is 27.6 Å². The largest absolute Gasteiger partial charge is 0.497 e. The molecular weight excluding hydrogens is 450 g/mol. The number of rotatable bonds is 4. The highest BCUT2D eigenvalue weighted by Gasteiger charge is 2.22. The molecule has 34 heavy (non-hydrogen) atoms. The van der Waals surface area contributed by atoms with E-state index in [1.165, 1.54) is 4.57 Å². The van der Waals surface area contributed by atoms with Crippen molar-refractivity contribution in [2.45, 2.75) is 20.4 Å². The second-order valence-corrected chi connectivity index (χ2v) is 8.99. The molecule has 6 nitrogen and oxygen atoms in total. The molecule has 7 heteroatoms. The van der Waals surface area contributed by atoms with E-state index in [4.69, 9.17) is 16.3 Å². The lowest BCUT2D eigenvalue weighted by Crippen LogP contribution is -2.39. The number of hydrogen-bond donors (Lipinski definition) is 0. The predicted molar refractivity (Wildman–Crippen MR) is 137 cm³/mol. The van der Waals surface area contributed by atoms with Gasteiger partial charge in [0.05, 0.1) is 30.4 Å². The number of fused-ring (bicyclic) bond motifs is 3. The van der Waals surface area contributed by atoms with E-state index in [1.54, 1.807) is 35.9 Å². The molecule has 0 saturated heterocycles. The number of nitrogens with zero attached hydrogens (tertiary/aromatic N) is 3. The number of aromatic nitrogens is 3. The first-order chi connectivity index (χ1) is 16.3. The summed E-state index contributed by atoms with van der Waals surface area (Å²) < 4.78 is 10.2. The summed E-state index contributed by atoms with van der Waals surface area (Å²) in [7, 11) is 3.44. The molecule has 0 bridgehead atoms. The molecular formula is C27H24ClN3O3. The second-order valence-electron chi connectivity index (χ2n) is 8.56. The van der Waals surface area contributed by atoms with E-state index in [1.807, 2.05) is 55.8 Å². The van der Waals surface area contributed by atoms with Crippen LogP contribution < -0.4 is 16.0 Å². The zero-order chi connectivity index (χ0) is 24.1. The van der Waals surface area contributed by atoms with Crippen LogP contribution in [0.1, 0.15) is 16.7 Å². The lowest BCUT2D eigenvalue weighted by Gasteiger charge is -2.15. The molecule has 3 aromatic carbocycles. The van der Waals surface area contributed by atoms with E-state index in [-0.39, 0.29) is 0 Å². The van der Waals surface area contributed by atoms with Crippen LogP contribution >= 0.6 is 11.6 Å². The van der Waals surface area contributed by atoms with Crippen molar-refractivity contribution in [3.63, 3.8) is 0 Å². The van der Waals surface area contributed by atoms with Crippen LogP contribution in [0.3, 0.4) is 0 Å². The highest BCUT2D eigenvalue weighted by atomic mass is 35.5. The molecule has 2 heterocycles. The third kappa shape index (κ3) is 3.42. The molecule has 0 N–H and O–H groups in total. The Morgan fingerprint density at radius 2 is 1.74 bits per heavy atom. The van der Waals surface area contributed by atoms with Gasteiger partial charge in [-0.2, -0.15) is 0 Å². The van der Waals surface area contributed by atoms with Gasteiger partial charge >= 0.3 is 5.69 Å². The van der Waals surface area contributed by atoms with Crippen molar-refractivity contribution in [1.29, 1.82) is 0 Å². The first-order valence-corrected chi connectivity index (χ1v) is 11.3. The Bertz CT molecular complexity index is 1710. The minimum absolute atomic E-state index is 0.319. The van der Waals surface area contributed by atoms with Crippen LogP contribution in [0.25, 0.3) is 27.6 Å². The van der Waals surface area contributed by atoms with Gasteiger partial charge in [-0.3, -0.25) is 9.36 Å². The molecule has 172 valence electrons. The van der Waals surface area contributed by atoms with Crippen molar-refractivity contribution in [2.75, 3.05) is 7.11 Å². The van der Waals surface area contributed by atoms with Gasteiger partial charge in [-0.15, -0.1) is 0 Å². The predicted octanol–water partition coefficient (Wildman–Crippen LogP) is 4.97. The van der Waals surface area contributed by atoms with Gasteiger partial charge in [-0.1, -0.05) is 41.4 Å². The summed E-state index contributed by atoms with van der Waals surface area (Å²) in [6.45, 7) is 4.37. The van der Waals surface area contributed by atoms with E-state index < -0.39 is 11.2 Å². The fourth-order valence-electron chi connectivity index (χ4n) is 4.59. The summed E-state index contributed by atoms with van der Waals surface area (Å²) in [4.78, 5) is 27.8. The number of aryl methyl sites for hydroxylation is 3. The average Bonchev–Trinajstić information content (AvgIpc) is 3.11. The van der Waals surface area contributed by atoms with Gasteiger partial charge in [0, 0.05) is 17.5 Å². The molecule has 0 atom stereocenters. The van der Waals surface area contributed by atoms with Crippen LogP contribution in [0.4, 0.5) is 0 Å². The Kier molecular flexibility index (Phi) is 5.33. The van der Waals surface area contributed by atoms with Crippen molar-refractivity contribution in [1.82, 2.24) is 13.7 Å². The molecule has 5 rings (SSSR count). The maximum atomic E-state index is 14.0. The first-order valence-electron chi connectivity index (χ1n) is 10.9. The number of ether oxygens (including phenoxy) is 1. The second kappa shape index (κ2) is 8.22. The van der Waals surface area contributed by atoms with Gasteiger partial charge < -0.3 is 9.30 Å². The molecule has 0 unspecified atom stereocenters.